The molecule has 0 spiro atoms. The maximum absolute atomic E-state index is 13.5. The lowest BCUT2D eigenvalue weighted by Gasteiger charge is -2.10. The number of aromatic nitrogens is 1. The molecule has 0 fully saturated rings. The fourth-order valence-electron chi connectivity index (χ4n) is 4.09. The first-order chi connectivity index (χ1) is 16.3. The number of benzene rings is 3. The highest BCUT2D eigenvalue weighted by Gasteiger charge is 2.28. The van der Waals surface area contributed by atoms with Crippen LogP contribution >= 0.6 is 34.2 Å². The molecule has 34 heavy (non-hydrogen) atoms. The largest absolute Gasteiger partial charge is 0.496 e. The molecule has 0 bridgehead atoms. The van der Waals surface area contributed by atoms with Crippen molar-refractivity contribution in [3.05, 3.63) is 91.6 Å². The van der Waals surface area contributed by atoms with Crippen LogP contribution < -0.4 is 10.1 Å². The average Bonchev–Trinajstić information content (AvgIpc) is 3.12. The SMILES string of the molecule is CCc1cccc(NC(=O)C(=O)c2c(C)n(Cc3ccc(Cl)cc3)c3ccc(OC)c(I)c23)c1. The zero-order valence-electron chi connectivity index (χ0n) is 19.1. The van der Waals surface area contributed by atoms with E-state index in [9.17, 15) is 9.59 Å². The molecule has 1 aromatic heterocycles. The van der Waals surface area contributed by atoms with Gasteiger partial charge in [0.2, 0.25) is 0 Å². The summed E-state index contributed by atoms with van der Waals surface area (Å²) in [6.45, 7) is 4.45. The summed E-state index contributed by atoms with van der Waals surface area (Å²) in [6, 6.07) is 18.9. The van der Waals surface area contributed by atoms with E-state index in [1.165, 1.54) is 0 Å². The van der Waals surface area contributed by atoms with Gasteiger partial charge in [0.15, 0.2) is 0 Å². The average molecular weight is 587 g/mol. The molecule has 0 atom stereocenters. The lowest BCUT2D eigenvalue weighted by atomic mass is 10.1. The van der Waals surface area contributed by atoms with Crippen molar-refractivity contribution in [3.8, 4) is 5.75 Å². The number of aryl methyl sites for hydroxylation is 1. The number of carbonyl (C=O) groups excluding carboxylic acids is 2. The molecule has 0 saturated heterocycles. The minimum atomic E-state index is -0.666. The molecule has 3 aromatic carbocycles. The summed E-state index contributed by atoms with van der Waals surface area (Å²) in [5.74, 6) is -0.590. The van der Waals surface area contributed by atoms with Crippen LogP contribution in [0.15, 0.2) is 60.7 Å². The lowest BCUT2D eigenvalue weighted by Crippen LogP contribution is -2.23. The smallest absolute Gasteiger partial charge is 0.296 e. The van der Waals surface area contributed by atoms with E-state index in [1.807, 2.05) is 68.4 Å². The fraction of sp³-hybridized carbons (Fsp3) is 0.185. The van der Waals surface area contributed by atoms with Gasteiger partial charge in [0, 0.05) is 28.3 Å². The second-order valence-corrected chi connectivity index (χ2v) is 9.50. The summed E-state index contributed by atoms with van der Waals surface area (Å²) in [5, 5.41) is 4.15. The third kappa shape index (κ3) is 4.70. The van der Waals surface area contributed by atoms with Gasteiger partial charge >= 0.3 is 0 Å². The Bertz CT molecular complexity index is 1390. The van der Waals surface area contributed by atoms with Crippen LogP contribution in [0.5, 0.6) is 5.75 Å². The number of nitrogens with zero attached hydrogens (tertiary/aromatic N) is 1. The predicted octanol–water partition coefficient (Wildman–Crippen LogP) is 6.65. The molecule has 0 unspecified atom stereocenters. The highest BCUT2D eigenvalue weighted by Crippen LogP contribution is 2.36. The summed E-state index contributed by atoms with van der Waals surface area (Å²) in [5.41, 5.74) is 4.69. The highest BCUT2D eigenvalue weighted by atomic mass is 127. The monoisotopic (exact) mass is 586 g/mol. The van der Waals surface area contributed by atoms with Gasteiger partial charge in [-0.1, -0.05) is 42.8 Å². The number of hydrogen-bond acceptors (Lipinski definition) is 3. The number of anilines is 1. The van der Waals surface area contributed by atoms with Crippen LogP contribution in [0.4, 0.5) is 5.69 Å². The zero-order valence-corrected chi connectivity index (χ0v) is 22.0. The zero-order chi connectivity index (χ0) is 24.4. The number of ether oxygens (including phenoxy) is 1. The Kier molecular flexibility index (Phi) is 7.28. The van der Waals surface area contributed by atoms with Crippen LogP contribution in [0.1, 0.15) is 34.1 Å². The predicted molar refractivity (Wildman–Crippen MR) is 145 cm³/mol. The number of rotatable bonds is 7. The molecule has 174 valence electrons. The number of hydrogen-bond donors (Lipinski definition) is 1. The first-order valence-corrected chi connectivity index (χ1v) is 12.3. The van der Waals surface area contributed by atoms with Gasteiger partial charge in [0.25, 0.3) is 11.7 Å². The van der Waals surface area contributed by atoms with Gasteiger partial charge in [-0.3, -0.25) is 9.59 Å². The van der Waals surface area contributed by atoms with Gasteiger partial charge in [-0.05, 0) is 83.5 Å². The Morgan fingerprint density at radius 1 is 1.06 bits per heavy atom. The molecule has 4 aromatic rings. The standard InChI is InChI=1S/C27H24ClIN2O3/c1-4-17-6-5-7-20(14-17)30-27(33)26(32)23-16(2)31(15-18-8-10-19(28)11-9-18)21-12-13-22(34-3)25(29)24(21)23/h5-14H,4,15H2,1-3H3,(H,30,33). The number of ketones is 1. The van der Waals surface area contributed by atoms with Gasteiger partial charge in [0.05, 0.1) is 21.8 Å². The minimum absolute atomic E-state index is 0.386. The molecule has 0 aliphatic carbocycles. The van der Waals surface area contributed by atoms with E-state index in [0.717, 1.165) is 32.3 Å². The third-order valence-electron chi connectivity index (χ3n) is 5.89. The van der Waals surface area contributed by atoms with Crippen molar-refractivity contribution < 1.29 is 14.3 Å². The molecule has 4 rings (SSSR count). The molecular formula is C27H24ClIN2O3. The van der Waals surface area contributed by atoms with Crippen molar-refractivity contribution in [2.45, 2.75) is 26.8 Å². The second kappa shape index (κ2) is 10.2. The first-order valence-electron chi connectivity index (χ1n) is 10.9. The lowest BCUT2D eigenvalue weighted by molar-refractivity contribution is -0.112. The number of fused-ring (bicyclic) bond motifs is 1. The Labute approximate surface area is 217 Å². The van der Waals surface area contributed by atoms with Gasteiger partial charge < -0.3 is 14.6 Å². The van der Waals surface area contributed by atoms with Crippen molar-refractivity contribution in [1.29, 1.82) is 0 Å². The van der Waals surface area contributed by atoms with E-state index in [1.54, 1.807) is 13.2 Å². The first kappa shape index (κ1) is 24.3. The molecule has 0 saturated carbocycles. The number of nitrogens with one attached hydrogen (secondary N) is 1. The van der Waals surface area contributed by atoms with Crippen molar-refractivity contribution in [2.24, 2.45) is 0 Å². The van der Waals surface area contributed by atoms with E-state index >= 15 is 0 Å². The van der Waals surface area contributed by atoms with Crippen molar-refractivity contribution in [1.82, 2.24) is 4.57 Å². The fourth-order valence-corrected chi connectivity index (χ4v) is 5.16. The Morgan fingerprint density at radius 2 is 1.79 bits per heavy atom. The summed E-state index contributed by atoms with van der Waals surface area (Å²) in [7, 11) is 1.59. The Hall–Kier alpha value is -2.84. The molecular weight excluding hydrogens is 563 g/mol. The van der Waals surface area contributed by atoms with Crippen LogP contribution in [0.3, 0.4) is 0 Å². The number of amides is 1. The normalized spacial score (nSPS) is 11.0. The number of halogens is 2. The van der Waals surface area contributed by atoms with Crippen LogP contribution in [-0.2, 0) is 17.8 Å². The van der Waals surface area contributed by atoms with E-state index in [0.29, 0.717) is 34.0 Å². The molecule has 0 radical (unpaired) electrons. The van der Waals surface area contributed by atoms with E-state index in [-0.39, 0.29) is 0 Å². The van der Waals surface area contributed by atoms with Crippen molar-refractivity contribution >= 4 is 62.5 Å². The van der Waals surface area contributed by atoms with Crippen LogP contribution in [0.25, 0.3) is 10.9 Å². The molecule has 0 aliphatic rings. The van der Waals surface area contributed by atoms with E-state index in [2.05, 4.69) is 32.5 Å². The van der Waals surface area contributed by atoms with Crippen LogP contribution in [0, 0.1) is 10.5 Å². The second-order valence-electron chi connectivity index (χ2n) is 7.99. The summed E-state index contributed by atoms with van der Waals surface area (Å²) >= 11 is 8.23. The van der Waals surface area contributed by atoms with Gasteiger partial charge in [-0.25, -0.2) is 0 Å². The van der Waals surface area contributed by atoms with Crippen LogP contribution in [-0.4, -0.2) is 23.4 Å². The minimum Gasteiger partial charge on any atom is -0.496 e. The van der Waals surface area contributed by atoms with E-state index < -0.39 is 11.7 Å². The number of Topliss-reactive ketones (excluding diaryl/α,β-unsaturated/α-hetero) is 1. The number of carbonyl (C=O) groups is 2. The molecule has 5 nitrogen and oxygen atoms in total. The molecule has 7 heteroatoms. The maximum Gasteiger partial charge on any atom is 0.296 e. The molecule has 1 heterocycles. The highest BCUT2D eigenvalue weighted by molar-refractivity contribution is 14.1. The summed E-state index contributed by atoms with van der Waals surface area (Å²) < 4.78 is 8.35. The quantitative estimate of drug-likeness (QED) is 0.150. The van der Waals surface area contributed by atoms with Gasteiger partial charge in [0.1, 0.15) is 5.75 Å². The maximum atomic E-state index is 13.5. The van der Waals surface area contributed by atoms with Gasteiger partial charge in [-0.2, -0.15) is 0 Å². The van der Waals surface area contributed by atoms with Crippen molar-refractivity contribution in [3.63, 3.8) is 0 Å². The Balaban J connectivity index is 1.80. The van der Waals surface area contributed by atoms with E-state index in [4.69, 9.17) is 16.3 Å². The topological polar surface area (TPSA) is 60.3 Å². The molecule has 0 aliphatic heterocycles. The molecule has 1 amide bonds. The Morgan fingerprint density at radius 3 is 2.47 bits per heavy atom. The third-order valence-corrected chi connectivity index (χ3v) is 7.22. The number of methoxy groups -OCH3 is 1. The summed E-state index contributed by atoms with van der Waals surface area (Å²) in [6.07, 6.45) is 0.840. The van der Waals surface area contributed by atoms with Crippen molar-refractivity contribution in [2.75, 3.05) is 12.4 Å². The van der Waals surface area contributed by atoms with Crippen LogP contribution in [0.2, 0.25) is 5.02 Å². The molecule has 1 N–H and O–H groups in total. The summed E-state index contributed by atoms with van der Waals surface area (Å²) in [4.78, 5) is 26.6. The van der Waals surface area contributed by atoms with Gasteiger partial charge in [-0.15, -0.1) is 0 Å².